The van der Waals surface area contributed by atoms with Gasteiger partial charge in [-0.15, -0.1) is 0 Å². The summed E-state index contributed by atoms with van der Waals surface area (Å²) in [6.45, 7) is 2.76. The summed E-state index contributed by atoms with van der Waals surface area (Å²) in [5, 5.41) is -0.310. The van der Waals surface area contributed by atoms with Crippen molar-refractivity contribution in [2.45, 2.75) is 37.5 Å². The first kappa shape index (κ1) is 24.5. The first-order valence-electron chi connectivity index (χ1n) is 11.5. The number of nitrogens with zero attached hydrogens (tertiary/aromatic N) is 5. The van der Waals surface area contributed by atoms with Gasteiger partial charge in [-0.05, 0) is 58.5 Å². The number of rotatable bonds is 4. The zero-order valence-electron chi connectivity index (χ0n) is 18.8. The van der Waals surface area contributed by atoms with E-state index in [9.17, 15) is 18.0 Å². The predicted molar refractivity (Wildman–Crippen MR) is 131 cm³/mol. The van der Waals surface area contributed by atoms with Gasteiger partial charge in [-0.3, -0.25) is 9.69 Å². The third-order valence-corrected chi connectivity index (χ3v) is 7.70. The van der Waals surface area contributed by atoms with Crippen molar-refractivity contribution in [2.24, 2.45) is 0 Å². The third kappa shape index (κ3) is 5.20. The lowest BCUT2D eigenvalue weighted by Gasteiger charge is -2.41. The topological polar surface area (TPSA) is 52.6 Å². The van der Waals surface area contributed by atoms with Crippen LogP contribution in [0.1, 0.15) is 30.4 Å². The van der Waals surface area contributed by atoms with Crippen LogP contribution in [0.15, 0.2) is 41.1 Å². The van der Waals surface area contributed by atoms with E-state index in [1.807, 2.05) is 6.08 Å². The molecule has 1 aromatic heterocycles. The summed E-state index contributed by atoms with van der Waals surface area (Å²) in [6, 6.07) is 4.54. The van der Waals surface area contributed by atoms with Crippen LogP contribution < -0.4 is 4.90 Å². The monoisotopic (exact) mass is 569 g/mol. The summed E-state index contributed by atoms with van der Waals surface area (Å²) in [7, 11) is 0. The predicted octanol–water partition coefficient (Wildman–Crippen LogP) is 4.88. The maximum atomic E-state index is 13.2. The average molecular weight is 571 g/mol. The molecule has 0 radical (unpaired) electrons. The quantitative estimate of drug-likeness (QED) is 0.525. The Labute approximate surface area is 214 Å². The van der Waals surface area contributed by atoms with E-state index in [1.54, 1.807) is 23.4 Å². The van der Waals surface area contributed by atoms with Gasteiger partial charge >= 0.3 is 6.18 Å². The van der Waals surface area contributed by atoms with E-state index in [0.29, 0.717) is 31.6 Å². The van der Waals surface area contributed by atoms with E-state index in [1.165, 1.54) is 6.07 Å². The highest BCUT2D eigenvalue weighted by Crippen LogP contribution is 2.37. The van der Waals surface area contributed by atoms with Crippen LogP contribution in [0.3, 0.4) is 0 Å². The molecule has 0 N–H and O–H groups in total. The highest BCUT2D eigenvalue weighted by molar-refractivity contribution is 9.10. The molecule has 2 unspecified atom stereocenters. The molecule has 186 valence electrons. The Hall–Kier alpha value is -2.17. The number of carbonyl (C=O) groups excluding carboxylic acids is 1. The highest BCUT2D eigenvalue weighted by atomic mass is 79.9. The Morgan fingerprint density at radius 3 is 2.43 bits per heavy atom. The highest BCUT2D eigenvalue weighted by Gasteiger charge is 2.42. The minimum Gasteiger partial charge on any atom is -0.338 e. The molecule has 0 spiro atoms. The summed E-state index contributed by atoms with van der Waals surface area (Å²) >= 11 is 9.12. The number of carbonyl (C=O) groups is 1. The number of hydrogen-bond acceptors (Lipinski definition) is 5. The second kappa shape index (κ2) is 9.71. The van der Waals surface area contributed by atoms with Crippen LogP contribution in [0.5, 0.6) is 0 Å². The molecule has 2 fully saturated rings. The van der Waals surface area contributed by atoms with Crippen LogP contribution in [0.2, 0.25) is 5.02 Å². The number of amides is 1. The van der Waals surface area contributed by atoms with Gasteiger partial charge in [-0.1, -0.05) is 23.7 Å². The number of alkyl halides is 3. The molecule has 2 bridgehead atoms. The summed E-state index contributed by atoms with van der Waals surface area (Å²) < 4.78 is 40.5. The van der Waals surface area contributed by atoms with Crippen molar-refractivity contribution in [1.29, 1.82) is 0 Å². The molecular formula is C24H24BrClF3N5O. The van der Waals surface area contributed by atoms with Gasteiger partial charge < -0.3 is 9.80 Å². The number of likely N-dealkylation sites (tertiary alicyclic amines) is 1. The Bertz CT molecular complexity index is 1130. The molecule has 4 heterocycles. The lowest BCUT2D eigenvalue weighted by Crippen LogP contribution is -2.56. The van der Waals surface area contributed by atoms with Gasteiger partial charge in [0.2, 0.25) is 11.9 Å². The fourth-order valence-corrected chi connectivity index (χ4v) is 5.71. The first-order valence-corrected chi connectivity index (χ1v) is 12.7. The summed E-state index contributed by atoms with van der Waals surface area (Å²) in [4.78, 5) is 28.2. The van der Waals surface area contributed by atoms with Crippen LogP contribution in [0.25, 0.3) is 5.57 Å². The summed E-state index contributed by atoms with van der Waals surface area (Å²) in [5.74, 6) is 0.774. The SMILES string of the molecule is O=C(CN1CC2CCC(C1)N2c1ncc(Br)cn1)N1CC=C(c2ccc(Cl)c(C(F)(F)F)c2)CC1. The minimum absolute atomic E-state index is 0.0418. The summed E-state index contributed by atoms with van der Waals surface area (Å²) in [5.41, 5.74) is 0.465. The Morgan fingerprint density at radius 2 is 1.83 bits per heavy atom. The van der Waals surface area contributed by atoms with E-state index >= 15 is 0 Å². The van der Waals surface area contributed by atoms with Gasteiger partial charge in [0.05, 0.1) is 21.6 Å². The summed E-state index contributed by atoms with van der Waals surface area (Å²) in [6.07, 6.45) is 3.45. The van der Waals surface area contributed by atoms with E-state index < -0.39 is 11.7 Å². The van der Waals surface area contributed by atoms with Gasteiger partial charge in [0.1, 0.15) is 0 Å². The molecule has 2 aromatic rings. The number of halogens is 5. The van der Waals surface area contributed by atoms with E-state index in [0.717, 1.165) is 48.0 Å². The maximum absolute atomic E-state index is 13.2. The van der Waals surface area contributed by atoms with Crippen molar-refractivity contribution >= 4 is 45.0 Å². The molecule has 0 saturated carbocycles. The smallest absolute Gasteiger partial charge is 0.338 e. The number of aromatic nitrogens is 2. The molecule has 0 aliphatic carbocycles. The zero-order chi connectivity index (χ0) is 24.7. The standard InChI is InChI=1S/C24H24BrClF3N5O/c25-17-10-30-23(31-11-17)34-18-2-3-19(34)13-32(12-18)14-22(35)33-7-5-15(6-8-33)16-1-4-21(26)20(9-16)24(27,28)29/h1,4-5,9-11,18-19H,2-3,6-8,12-14H2. The maximum Gasteiger partial charge on any atom is 0.417 e. The molecule has 3 aliphatic rings. The van der Waals surface area contributed by atoms with Crippen LogP contribution >= 0.6 is 27.5 Å². The van der Waals surface area contributed by atoms with Crippen LogP contribution in [0, 0.1) is 0 Å². The van der Waals surface area contributed by atoms with Crippen molar-refractivity contribution in [3.63, 3.8) is 0 Å². The van der Waals surface area contributed by atoms with Crippen LogP contribution in [0.4, 0.5) is 19.1 Å². The zero-order valence-corrected chi connectivity index (χ0v) is 21.2. The fraction of sp³-hybridized carbons (Fsp3) is 0.458. The molecule has 11 heteroatoms. The number of anilines is 1. The van der Waals surface area contributed by atoms with Crippen LogP contribution in [-0.4, -0.2) is 70.5 Å². The molecule has 2 saturated heterocycles. The Kier molecular flexibility index (Phi) is 6.80. The van der Waals surface area contributed by atoms with Crippen LogP contribution in [-0.2, 0) is 11.0 Å². The second-order valence-electron chi connectivity index (χ2n) is 9.20. The average Bonchev–Trinajstić information content (AvgIpc) is 3.09. The lowest BCUT2D eigenvalue weighted by molar-refractivity contribution is -0.137. The van der Waals surface area contributed by atoms with Gasteiger partial charge in [-0.2, -0.15) is 13.2 Å². The van der Waals surface area contributed by atoms with Crippen molar-refractivity contribution in [3.05, 3.63) is 57.3 Å². The second-order valence-corrected chi connectivity index (χ2v) is 10.5. The number of benzene rings is 1. The van der Waals surface area contributed by atoms with Crippen molar-refractivity contribution in [1.82, 2.24) is 19.8 Å². The van der Waals surface area contributed by atoms with Gasteiger partial charge in [0.25, 0.3) is 0 Å². The number of hydrogen-bond donors (Lipinski definition) is 0. The Balaban J connectivity index is 1.19. The van der Waals surface area contributed by atoms with Crippen molar-refractivity contribution < 1.29 is 18.0 Å². The molecular weight excluding hydrogens is 547 g/mol. The molecule has 1 aromatic carbocycles. The normalized spacial score (nSPS) is 22.9. The molecule has 6 nitrogen and oxygen atoms in total. The van der Waals surface area contributed by atoms with Gasteiger partial charge in [0.15, 0.2) is 0 Å². The Morgan fingerprint density at radius 1 is 1.14 bits per heavy atom. The van der Waals surface area contributed by atoms with Crippen molar-refractivity contribution in [3.8, 4) is 0 Å². The van der Waals surface area contributed by atoms with E-state index in [-0.39, 0.29) is 23.0 Å². The molecule has 3 aliphatic heterocycles. The van der Waals surface area contributed by atoms with Gasteiger partial charge in [0, 0.05) is 50.7 Å². The van der Waals surface area contributed by atoms with Crippen molar-refractivity contribution in [2.75, 3.05) is 37.6 Å². The fourth-order valence-electron chi connectivity index (χ4n) is 5.28. The number of piperazine rings is 1. The lowest BCUT2D eigenvalue weighted by atomic mass is 9.97. The van der Waals surface area contributed by atoms with E-state index in [2.05, 4.69) is 35.7 Å². The first-order chi connectivity index (χ1) is 16.7. The molecule has 35 heavy (non-hydrogen) atoms. The third-order valence-electron chi connectivity index (χ3n) is 6.96. The molecule has 5 rings (SSSR count). The largest absolute Gasteiger partial charge is 0.417 e. The number of fused-ring (bicyclic) bond motifs is 2. The molecule has 2 atom stereocenters. The van der Waals surface area contributed by atoms with Gasteiger partial charge in [-0.25, -0.2) is 9.97 Å². The molecule has 1 amide bonds. The minimum atomic E-state index is -4.50. The van der Waals surface area contributed by atoms with E-state index in [4.69, 9.17) is 11.6 Å².